The third-order valence-electron chi connectivity index (χ3n) is 3.31. The monoisotopic (exact) mass is 286 g/mol. The van der Waals surface area contributed by atoms with Gasteiger partial charge in [0, 0.05) is 16.3 Å². The molecule has 18 heavy (non-hydrogen) atoms. The topological polar surface area (TPSA) is 47.3 Å². The zero-order valence-corrected chi connectivity index (χ0v) is 12.1. The van der Waals surface area contributed by atoms with Crippen LogP contribution in [0.3, 0.4) is 0 Å². The Morgan fingerprint density at radius 3 is 3.06 bits per heavy atom. The largest absolute Gasteiger partial charge is 0.496 e. The second-order valence-electron chi connectivity index (χ2n) is 4.48. The molecule has 1 aromatic carbocycles. The molecule has 0 radical (unpaired) electrons. The number of methoxy groups -OCH3 is 1. The molecule has 5 heteroatoms. The molecule has 0 saturated carbocycles. The summed E-state index contributed by atoms with van der Waals surface area (Å²) in [6.07, 6.45) is 3.35. The van der Waals surface area contributed by atoms with Gasteiger partial charge in [0.1, 0.15) is 5.75 Å². The van der Waals surface area contributed by atoms with Gasteiger partial charge in [-0.25, -0.2) is 0 Å². The van der Waals surface area contributed by atoms with E-state index in [0.29, 0.717) is 5.25 Å². The number of hydrogen-bond donors (Lipinski definition) is 2. The number of hydrogen-bond acceptors (Lipinski definition) is 4. The summed E-state index contributed by atoms with van der Waals surface area (Å²) in [7, 11) is 1.68. The summed E-state index contributed by atoms with van der Waals surface area (Å²) in [5, 5.41) is 1.32. The summed E-state index contributed by atoms with van der Waals surface area (Å²) in [5.74, 6) is 7.80. The quantitative estimate of drug-likeness (QED) is 0.645. The summed E-state index contributed by atoms with van der Waals surface area (Å²) in [5.41, 5.74) is 4.06. The predicted molar refractivity (Wildman–Crippen MR) is 78.3 cm³/mol. The lowest BCUT2D eigenvalue weighted by Crippen LogP contribution is -2.43. The fourth-order valence-electron chi connectivity index (χ4n) is 2.36. The molecule has 2 atom stereocenters. The lowest BCUT2D eigenvalue weighted by atomic mass is 10.0. The third-order valence-corrected chi connectivity index (χ3v) is 5.06. The van der Waals surface area contributed by atoms with Gasteiger partial charge in [0.25, 0.3) is 0 Å². The average Bonchev–Trinajstić information content (AvgIpc) is 2.90. The van der Waals surface area contributed by atoms with E-state index in [0.717, 1.165) is 22.8 Å². The molecule has 0 spiro atoms. The normalized spacial score (nSPS) is 20.9. The number of benzene rings is 1. The molecule has 1 aliphatic heterocycles. The Kier molecular flexibility index (Phi) is 5.18. The molecule has 0 aromatic heterocycles. The van der Waals surface area contributed by atoms with Crippen molar-refractivity contribution in [3.8, 4) is 5.75 Å². The van der Waals surface area contributed by atoms with Gasteiger partial charge in [-0.15, -0.1) is 0 Å². The van der Waals surface area contributed by atoms with Gasteiger partial charge in [-0.1, -0.05) is 11.6 Å². The fourth-order valence-corrected chi connectivity index (χ4v) is 3.93. The van der Waals surface area contributed by atoms with Crippen LogP contribution >= 0.6 is 23.4 Å². The van der Waals surface area contributed by atoms with Gasteiger partial charge in [-0.3, -0.25) is 11.3 Å². The van der Waals surface area contributed by atoms with E-state index in [2.05, 4.69) is 5.43 Å². The van der Waals surface area contributed by atoms with E-state index >= 15 is 0 Å². The van der Waals surface area contributed by atoms with Crippen LogP contribution in [0.5, 0.6) is 5.75 Å². The number of hydrazine groups is 1. The summed E-state index contributed by atoms with van der Waals surface area (Å²) in [6.45, 7) is 0. The average molecular weight is 287 g/mol. The Hall–Kier alpha value is -0.420. The molecule has 1 fully saturated rings. The van der Waals surface area contributed by atoms with E-state index in [-0.39, 0.29) is 6.04 Å². The zero-order chi connectivity index (χ0) is 13.0. The standard InChI is InChI=1S/C13H19ClN2OS/c1-17-12-5-4-10(14)7-9(12)8-11(16-15)13-3-2-6-18-13/h4-5,7,11,13,16H,2-3,6,8,15H2,1H3. The van der Waals surface area contributed by atoms with E-state index < -0.39 is 0 Å². The summed E-state index contributed by atoms with van der Waals surface area (Å²) in [4.78, 5) is 0. The van der Waals surface area contributed by atoms with E-state index in [1.807, 2.05) is 30.0 Å². The number of ether oxygens (including phenoxy) is 1. The predicted octanol–water partition coefficient (Wildman–Crippen LogP) is 2.62. The number of thioether (sulfide) groups is 1. The molecule has 1 aliphatic rings. The van der Waals surface area contributed by atoms with Crippen molar-refractivity contribution in [2.45, 2.75) is 30.6 Å². The van der Waals surface area contributed by atoms with Gasteiger partial charge < -0.3 is 4.74 Å². The van der Waals surface area contributed by atoms with Crippen molar-refractivity contribution in [2.75, 3.05) is 12.9 Å². The first-order valence-electron chi connectivity index (χ1n) is 6.14. The van der Waals surface area contributed by atoms with Crippen molar-refractivity contribution in [3.05, 3.63) is 28.8 Å². The lowest BCUT2D eigenvalue weighted by molar-refractivity contribution is 0.403. The number of rotatable bonds is 5. The van der Waals surface area contributed by atoms with Gasteiger partial charge in [0.2, 0.25) is 0 Å². The van der Waals surface area contributed by atoms with Crippen LogP contribution in [0, 0.1) is 0 Å². The van der Waals surface area contributed by atoms with Crippen LogP contribution in [0.15, 0.2) is 18.2 Å². The first kappa shape index (κ1) is 14.0. The van der Waals surface area contributed by atoms with Crippen LogP contribution in [0.1, 0.15) is 18.4 Å². The highest BCUT2D eigenvalue weighted by Crippen LogP contribution is 2.32. The zero-order valence-electron chi connectivity index (χ0n) is 10.5. The molecule has 0 aliphatic carbocycles. The molecule has 1 saturated heterocycles. The van der Waals surface area contributed by atoms with Crippen molar-refractivity contribution in [3.63, 3.8) is 0 Å². The third kappa shape index (κ3) is 3.32. The molecule has 3 nitrogen and oxygen atoms in total. The maximum atomic E-state index is 6.05. The molecule has 1 heterocycles. The van der Waals surface area contributed by atoms with Crippen LogP contribution in [0.25, 0.3) is 0 Å². The Labute approximate surface area is 117 Å². The molecular weight excluding hydrogens is 268 g/mol. The number of halogens is 1. The lowest BCUT2D eigenvalue weighted by Gasteiger charge is -2.23. The van der Waals surface area contributed by atoms with E-state index in [4.69, 9.17) is 22.2 Å². The minimum Gasteiger partial charge on any atom is -0.496 e. The van der Waals surface area contributed by atoms with Gasteiger partial charge in [-0.2, -0.15) is 11.8 Å². The Balaban J connectivity index is 2.12. The van der Waals surface area contributed by atoms with E-state index in [1.165, 1.54) is 18.6 Å². The first-order valence-corrected chi connectivity index (χ1v) is 7.57. The van der Waals surface area contributed by atoms with Crippen molar-refractivity contribution in [2.24, 2.45) is 5.84 Å². The molecule has 0 bridgehead atoms. The summed E-state index contributed by atoms with van der Waals surface area (Å²) < 4.78 is 5.37. The van der Waals surface area contributed by atoms with Crippen LogP contribution in [-0.4, -0.2) is 24.2 Å². The van der Waals surface area contributed by atoms with Crippen LogP contribution in [0.2, 0.25) is 5.02 Å². The molecule has 1 aromatic rings. The summed E-state index contributed by atoms with van der Waals surface area (Å²) in [6, 6.07) is 5.99. The molecule has 100 valence electrons. The second-order valence-corrected chi connectivity index (χ2v) is 6.27. The van der Waals surface area contributed by atoms with Crippen molar-refractivity contribution >= 4 is 23.4 Å². The molecule has 0 amide bonds. The maximum Gasteiger partial charge on any atom is 0.122 e. The van der Waals surface area contributed by atoms with Gasteiger partial charge in [-0.05, 0) is 48.8 Å². The van der Waals surface area contributed by atoms with E-state index in [1.54, 1.807) is 7.11 Å². The van der Waals surface area contributed by atoms with Crippen molar-refractivity contribution in [1.82, 2.24) is 5.43 Å². The minimum absolute atomic E-state index is 0.268. The van der Waals surface area contributed by atoms with Crippen molar-refractivity contribution in [1.29, 1.82) is 0 Å². The smallest absolute Gasteiger partial charge is 0.122 e. The molecule has 3 N–H and O–H groups in total. The molecule has 2 rings (SSSR count). The highest BCUT2D eigenvalue weighted by Gasteiger charge is 2.25. The fraction of sp³-hybridized carbons (Fsp3) is 0.538. The molecular formula is C13H19ClN2OS. The highest BCUT2D eigenvalue weighted by molar-refractivity contribution is 8.00. The van der Waals surface area contributed by atoms with Crippen LogP contribution < -0.4 is 16.0 Å². The second kappa shape index (κ2) is 6.66. The summed E-state index contributed by atoms with van der Waals surface area (Å²) >= 11 is 8.04. The van der Waals surface area contributed by atoms with Gasteiger partial charge >= 0.3 is 0 Å². The van der Waals surface area contributed by atoms with Gasteiger partial charge in [0.05, 0.1) is 7.11 Å². The maximum absolute atomic E-state index is 6.05. The van der Waals surface area contributed by atoms with E-state index in [9.17, 15) is 0 Å². The molecule has 2 unspecified atom stereocenters. The first-order chi connectivity index (χ1) is 8.74. The minimum atomic E-state index is 0.268. The van der Waals surface area contributed by atoms with Crippen LogP contribution in [0.4, 0.5) is 0 Å². The highest BCUT2D eigenvalue weighted by atomic mass is 35.5. The Morgan fingerprint density at radius 2 is 2.44 bits per heavy atom. The van der Waals surface area contributed by atoms with Crippen molar-refractivity contribution < 1.29 is 4.74 Å². The Morgan fingerprint density at radius 1 is 1.61 bits per heavy atom. The number of nitrogens with two attached hydrogens (primary N) is 1. The van der Waals surface area contributed by atoms with Gasteiger partial charge in [0.15, 0.2) is 0 Å². The number of nitrogens with one attached hydrogen (secondary N) is 1. The Bertz CT molecular complexity index is 397. The van der Waals surface area contributed by atoms with Crippen LogP contribution in [-0.2, 0) is 6.42 Å². The SMILES string of the molecule is COc1ccc(Cl)cc1CC(NN)C1CCCS1.